The lowest BCUT2D eigenvalue weighted by Crippen LogP contribution is -2.54. The van der Waals surface area contributed by atoms with E-state index in [0.29, 0.717) is 38.4 Å². The molecule has 0 radical (unpaired) electrons. The lowest BCUT2D eigenvalue weighted by molar-refractivity contribution is -0.130. The van der Waals surface area contributed by atoms with Crippen LogP contribution in [0.5, 0.6) is 5.75 Å². The molecule has 5 nitrogen and oxygen atoms in total. The van der Waals surface area contributed by atoms with Gasteiger partial charge in [0, 0.05) is 26.1 Å². The van der Waals surface area contributed by atoms with Crippen LogP contribution >= 0.6 is 0 Å². The SMILES string of the molecule is CC[C@@H](Oc1ccccc1C(C)C)C(=O)NC1(C#N)CCOCC1. The number of para-hydroxylation sites is 1. The first-order valence-electron chi connectivity index (χ1n) is 8.58. The normalized spacial score (nSPS) is 17.8. The molecular weight excluding hydrogens is 304 g/mol. The average Bonchev–Trinajstić information content (AvgIpc) is 2.60. The maximum atomic E-state index is 12.7. The van der Waals surface area contributed by atoms with Gasteiger partial charge in [0.05, 0.1) is 6.07 Å². The van der Waals surface area contributed by atoms with Crippen LogP contribution in [0.2, 0.25) is 0 Å². The van der Waals surface area contributed by atoms with Gasteiger partial charge in [0.25, 0.3) is 5.91 Å². The lowest BCUT2D eigenvalue weighted by Gasteiger charge is -2.33. The quantitative estimate of drug-likeness (QED) is 0.870. The molecule has 0 saturated carbocycles. The summed E-state index contributed by atoms with van der Waals surface area (Å²) in [6, 6.07) is 10.0. The van der Waals surface area contributed by atoms with Gasteiger partial charge >= 0.3 is 0 Å². The summed E-state index contributed by atoms with van der Waals surface area (Å²) in [4.78, 5) is 12.7. The molecule has 0 aliphatic carbocycles. The van der Waals surface area contributed by atoms with Crippen LogP contribution in [-0.2, 0) is 9.53 Å². The Balaban J connectivity index is 2.11. The number of hydrogen-bond donors (Lipinski definition) is 1. The zero-order valence-corrected chi connectivity index (χ0v) is 14.7. The van der Waals surface area contributed by atoms with Gasteiger partial charge in [0.15, 0.2) is 6.10 Å². The third-order valence-corrected chi connectivity index (χ3v) is 4.40. The number of nitrogens with one attached hydrogen (secondary N) is 1. The van der Waals surface area contributed by atoms with Crippen molar-refractivity contribution in [1.29, 1.82) is 5.26 Å². The molecule has 2 rings (SSSR count). The number of amides is 1. The van der Waals surface area contributed by atoms with Gasteiger partial charge in [0.2, 0.25) is 0 Å². The Morgan fingerprint density at radius 3 is 2.62 bits per heavy atom. The van der Waals surface area contributed by atoms with Crippen LogP contribution in [0.3, 0.4) is 0 Å². The van der Waals surface area contributed by atoms with Crippen LogP contribution in [-0.4, -0.2) is 30.8 Å². The second kappa shape index (κ2) is 8.16. The summed E-state index contributed by atoms with van der Waals surface area (Å²) in [5, 5.41) is 12.4. The standard InChI is InChI=1S/C19H26N2O3/c1-4-16(24-17-8-6-5-7-15(17)14(2)3)18(22)21-19(13-20)9-11-23-12-10-19/h5-8,14,16H,4,9-12H2,1-3H3,(H,21,22)/t16-/m1/s1. The molecule has 130 valence electrons. The van der Waals surface area contributed by atoms with Gasteiger partial charge < -0.3 is 14.8 Å². The first kappa shape index (κ1) is 18.3. The summed E-state index contributed by atoms with van der Waals surface area (Å²) in [6.45, 7) is 7.07. The third-order valence-electron chi connectivity index (χ3n) is 4.40. The molecule has 5 heteroatoms. The molecule has 24 heavy (non-hydrogen) atoms. The monoisotopic (exact) mass is 330 g/mol. The largest absolute Gasteiger partial charge is 0.480 e. The van der Waals surface area contributed by atoms with Crippen molar-refractivity contribution in [3.05, 3.63) is 29.8 Å². The van der Waals surface area contributed by atoms with Crippen molar-refractivity contribution in [2.45, 2.75) is 57.6 Å². The fourth-order valence-electron chi connectivity index (χ4n) is 2.84. The topological polar surface area (TPSA) is 71.3 Å². The predicted octanol–water partition coefficient (Wildman–Crippen LogP) is 3.16. The predicted molar refractivity (Wildman–Crippen MR) is 91.8 cm³/mol. The van der Waals surface area contributed by atoms with Crippen molar-refractivity contribution in [2.24, 2.45) is 0 Å². The van der Waals surface area contributed by atoms with Crippen LogP contribution in [0.25, 0.3) is 0 Å². The van der Waals surface area contributed by atoms with E-state index < -0.39 is 11.6 Å². The van der Waals surface area contributed by atoms with Gasteiger partial charge in [-0.15, -0.1) is 0 Å². The smallest absolute Gasteiger partial charge is 0.262 e. The summed E-state index contributed by atoms with van der Waals surface area (Å²) in [5.74, 6) is 0.801. The van der Waals surface area contributed by atoms with Crippen LogP contribution in [0.1, 0.15) is 51.5 Å². The molecule has 0 aromatic heterocycles. The number of ether oxygens (including phenoxy) is 2. The number of rotatable bonds is 6. The summed E-state index contributed by atoms with van der Waals surface area (Å²) in [7, 11) is 0. The van der Waals surface area contributed by atoms with E-state index >= 15 is 0 Å². The Kier molecular flexibility index (Phi) is 6.22. The van der Waals surface area contributed by atoms with Crippen LogP contribution in [0.4, 0.5) is 0 Å². The van der Waals surface area contributed by atoms with Crippen molar-refractivity contribution in [3.8, 4) is 11.8 Å². The highest BCUT2D eigenvalue weighted by atomic mass is 16.5. The van der Waals surface area contributed by atoms with Gasteiger partial charge in [0.1, 0.15) is 11.3 Å². The first-order valence-corrected chi connectivity index (χ1v) is 8.58. The third kappa shape index (κ3) is 4.27. The molecule has 0 unspecified atom stereocenters. The molecule has 0 bridgehead atoms. The fourth-order valence-corrected chi connectivity index (χ4v) is 2.84. The van der Waals surface area contributed by atoms with Crippen molar-refractivity contribution in [3.63, 3.8) is 0 Å². The van der Waals surface area contributed by atoms with Crippen LogP contribution in [0, 0.1) is 11.3 Å². The summed E-state index contributed by atoms with van der Waals surface area (Å²) >= 11 is 0. The van der Waals surface area contributed by atoms with Crippen molar-refractivity contribution >= 4 is 5.91 Å². The molecule has 1 amide bonds. The molecule has 1 aliphatic heterocycles. The molecule has 1 aliphatic rings. The number of hydrogen-bond acceptors (Lipinski definition) is 4. The maximum Gasteiger partial charge on any atom is 0.262 e. The Labute approximate surface area is 144 Å². The zero-order chi connectivity index (χ0) is 17.6. The van der Waals surface area contributed by atoms with Crippen molar-refractivity contribution in [1.82, 2.24) is 5.32 Å². The average molecular weight is 330 g/mol. The van der Waals surface area contributed by atoms with Gasteiger partial charge in [-0.05, 0) is 24.0 Å². The number of carbonyl (C=O) groups is 1. The first-order chi connectivity index (χ1) is 11.5. The van der Waals surface area contributed by atoms with E-state index in [1.165, 1.54) is 0 Å². The molecule has 1 aromatic rings. The van der Waals surface area contributed by atoms with E-state index in [9.17, 15) is 10.1 Å². The van der Waals surface area contributed by atoms with Crippen LogP contribution in [0.15, 0.2) is 24.3 Å². The van der Waals surface area contributed by atoms with Crippen LogP contribution < -0.4 is 10.1 Å². The Hall–Kier alpha value is -2.06. The number of nitriles is 1. The minimum absolute atomic E-state index is 0.237. The highest BCUT2D eigenvalue weighted by molar-refractivity contribution is 5.82. The van der Waals surface area contributed by atoms with E-state index in [2.05, 4.69) is 25.2 Å². The molecule has 1 saturated heterocycles. The lowest BCUT2D eigenvalue weighted by atomic mass is 9.91. The van der Waals surface area contributed by atoms with E-state index in [-0.39, 0.29) is 5.91 Å². The van der Waals surface area contributed by atoms with Gasteiger partial charge in [-0.2, -0.15) is 5.26 Å². The number of nitrogens with zero attached hydrogens (tertiary/aromatic N) is 1. The molecule has 1 N–H and O–H groups in total. The molecule has 1 aromatic carbocycles. The van der Waals surface area contributed by atoms with Gasteiger partial charge in [-0.25, -0.2) is 0 Å². The molecular formula is C19H26N2O3. The zero-order valence-electron chi connectivity index (χ0n) is 14.7. The Morgan fingerprint density at radius 2 is 2.04 bits per heavy atom. The number of benzene rings is 1. The van der Waals surface area contributed by atoms with E-state index in [1.807, 2.05) is 31.2 Å². The van der Waals surface area contributed by atoms with E-state index in [1.54, 1.807) is 0 Å². The summed E-state index contributed by atoms with van der Waals surface area (Å²) in [6.07, 6.45) is 0.941. The maximum absolute atomic E-state index is 12.7. The van der Waals surface area contributed by atoms with E-state index in [0.717, 1.165) is 11.3 Å². The second-order valence-electron chi connectivity index (χ2n) is 6.50. The number of carbonyl (C=O) groups excluding carboxylic acids is 1. The van der Waals surface area contributed by atoms with E-state index in [4.69, 9.17) is 9.47 Å². The van der Waals surface area contributed by atoms with Gasteiger partial charge in [-0.1, -0.05) is 39.0 Å². The molecule has 0 spiro atoms. The van der Waals surface area contributed by atoms with Crippen molar-refractivity contribution < 1.29 is 14.3 Å². The van der Waals surface area contributed by atoms with Crippen molar-refractivity contribution in [2.75, 3.05) is 13.2 Å². The summed E-state index contributed by atoms with van der Waals surface area (Å²) < 4.78 is 11.3. The Morgan fingerprint density at radius 1 is 1.38 bits per heavy atom. The molecule has 1 heterocycles. The molecule has 1 fully saturated rings. The minimum atomic E-state index is -0.844. The molecule has 1 atom stereocenters. The highest BCUT2D eigenvalue weighted by Gasteiger charge is 2.36. The Bertz CT molecular complexity index is 601. The van der Waals surface area contributed by atoms with Gasteiger partial charge in [-0.3, -0.25) is 4.79 Å². The second-order valence-corrected chi connectivity index (χ2v) is 6.50. The minimum Gasteiger partial charge on any atom is -0.480 e. The fraction of sp³-hybridized carbons (Fsp3) is 0.579. The summed E-state index contributed by atoms with van der Waals surface area (Å²) in [5.41, 5.74) is 0.230. The highest BCUT2D eigenvalue weighted by Crippen LogP contribution is 2.27.